The van der Waals surface area contributed by atoms with Gasteiger partial charge in [0.2, 0.25) is 0 Å². The van der Waals surface area contributed by atoms with E-state index in [-0.39, 0.29) is 6.04 Å². The summed E-state index contributed by atoms with van der Waals surface area (Å²) < 4.78 is 6.58. The highest BCUT2D eigenvalue weighted by molar-refractivity contribution is 9.10. The van der Waals surface area contributed by atoms with Crippen molar-refractivity contribution in [3.8, 4) is 0 Å². The number of nitrogens with two attached hydrogens (primary N) is 1. The molecule has 2 rings (SSSR count). The Morgan fingerprint density at radius 2 is 2.36 bits per heavy atom. The third-order valence-corrected chi connectivity index (χ3v) is 4.43. The molecular formula is C9H7BrClNOS. The molecule has 0 aliphatic heterocycles. The second kappa shape index (κ2) is 4.06. The minimum absolute atomic E-state index is 0.164. The van der Waals surface area contributed by atoms with E-state index in [0.29, 0.717) is 0 Å². The highest BCUT2D eigenvalue weighted by atomic mass is 79.9. The Bertz CT molecular complexity index is 406. The Morgan fingerprint density at radius 1 is 1.57 bits per heavy atom. The Morgan fingerprint density at radius 3 is 2.86 bits per heavy atom. The van der Waals surface area contributed by atoms with Crippen LogP contribution in [0.15, 0.2) is 33.5 Å². The van der Waals surface area contributed by atoms with Gasteiger partial charge in [-0.25, -0.2) is 0 Å². The molecule has 2 nitrogen and oxygen atoms in total. The predicted molar refractivity (Wildman–Crippen MR) is 61.8 cm³/mol. The van der Waals surface area contributed by atoms with Crippen molar-refractivity contribution < 1.29 is 4.42 Å². The Kier molecular flexibility index (Phi) is 2.97. The molecule has 2 aromatic heterocycles. The molecule has 0 aliphatic carbocycles. The van der Waals surface area contributed by atoms with E-state index in [2.05, 4.69) is 15.9 Å². The second-order valence-electron chi connectivity index (χ2n) is 2.80. The van der Waals surface area contributed by atoms with E-state index < -0.39 is 0 Å². The van der Waals surface area contributed by atoms with Crippen LogP contribution < -0.4 is 5.73 Å². The van der Waals surface area contributed by atoms with Gasteiger partial charge in [0.15, 0.2) is 0 Å². The van der Waals surface area contributed by atoms with Gasteiger partial charge in [-0.3, -0.25) is 0 Å². The number of furan rings is 1. The quantitative estimate of drug-likeness (QED) is 0.914. The monoisotopic (exact) mass is 291 g/mol. The van der Waals surface area contributed by atoms with Gasteiger partial charge >= 0.3 is 0 Å². The molecule has 0 aliphatic rings. The SMILES string of the molecule is NC(c1ccoc1)c1cc(Br)c(Cl)s1. The Labute approximate surface area is 98.8 Å². The molecule has 0 radical (unpaired) electrons. The molecule has 0 fully saturated rings. The maximum Gasteiger partial charge on any atom is 0.107 e. The number of hydrogen-bond acceptors (Lipinski definition) is 3. The predicted octanol–water partition coefficient (Wildman–Crippen LogP) is 3.81. The normalized spacial score (nSPS) is 13.1. The number of rotatable bonds is 2. The highest BCUT2D eigenvalue weighted by Gasteiger charge is 2.14. The van der Waals surface area contributed by atoms with Gasteiger partial charge in [0.25, 0.3) is 0 Å². The van der Waals surface area contributed by atoms with E-state index in [1.807, 2.05) is 12.1 Å². The van der Waals surface area contributed by atoms with Gasteiger partial charge in [0.1, 0.15) is 4.34 Å². The molecule has 1 unspecified atom stereocenters. The minimum atomic E-state index is -0.164. The lowest BCUT2D eigenvalue weighted by molar-refractivity contribution is 0.562. The molecule has 0 saturated heterocycles. The van der Waals surface area contributed by atoms with E-state index in [4.69, 9.17) is 21.8 Å². The molecule has 2 aromatic rings. The fourth-order valence-electron chi connectivity index (χ4n) is 1.13. The summed E-state index contributed by atoms with van der Waals surface area (Å²) in [7, 11) is 0. The van der Waals surface area contributed by atoms with Crippen molar-refractivity contribution in [3.63, 3.8) is 0 Å². The summed E-state index contributed by atoms with van der Waals surface area (Å²) in [5, 5.41) is 0. The maximum absolute atomic E-state index is 6.01. The summed E-state index contributed by atoms with van der Waals surface area (Å²) in [6.07, 6.45) is 3.26. The summed E-state index contributed by atoms with van der Waals surface area (Å²) in [6, 6.07) is 3.62. The van der Waals surface area contributed by atoms with Crippen LogP contribution in [0.4, 0.5) is 0 Å². The van der Waals surface area contributed by atoms with E-state index in [9.17, 15) is 0 Å². The van der Waals surface area contributed by atoms with Gasteiger partial charge in [-0.05, 0) is 28.1 Å². The van der Waals surface area contributed by atoms with Crippen LogP contribution in [0, 0.1) is 0 Å². The zero-order valence-electron chi connectivity index (χ0n) is 7.04. The highest BCUT2D eigenvalue weighted by Crippen LogP contribution is 2.36. The van der Waals surface area contributed by atoms with Crippen molar-refractivity contribution in [2.75, 3.05) is 0 Å². The first-order valence-electron chi connectivity index (χ1n) is 3.91. The lowest BCUT2D eigenvalue weighted by atomic mass is 10.1. The van der Waals surface area contributed by atoms with Crippen LogP contribution in [0.1, 0.15) is 16.5 Å². The molecular weight excluding hydrogens is 286 g/mol. The number of hydrogen-bond donors (Lipinski definition) is 1. The van der Waals surface area contributed by atoms with Gasteiger partial charge in [-0.1, -0.05) is 11.6 Å². The molecule has 0 amide bonds. The van der Waals surface area contributed by atoms with E-state index >= 15 is 0 Å². The molecule has 0 saturated carbocycles. The molecule has 74 valence electrons. The lowest BCUT2D eigenvalue weighted by Crippen LogP contribution is -2.08. The zero-order chi connectivity index (χ0) is 10.1. The molecule has 0 aromatic carbocycles. The van der Waals surface area contributed by atoms with Crippen LogP contribution in [0.3, 0.4) is 0 Å². The van der Waals surface area contributed by atoms with Crippen molar-refractivity contribution in [2.24, 2.45) is 5.73 Å². The largest absolute Gasteiger partial charge is 0.472 e. The third-order valence-electron chi connectivity index (χ3n) is 1.87. The first-order chi connectivity index (χ1) is 6.68. The molecule has 0 spiro atoms. The summed E-state index contributed by atoms with van der Waals surface area (Å²) in [5.41, 5.74) is 6.97. The molecule has 2 N–H and O–H groups in total. The van der Waals surface area contributed by atoms with Gasteiger partial charge < -0.3 is 10.2 Å². The van der Waals surface area contributed by atoms with Gasteiger partial charge in [0, 0.05) is 14.9 Å². The summed E-state index contributed by atoms with van der Waals surface area (Å²) in [4.78, 5) is 1.02. The van der Waals surface area contributed by atoms with Crippen LogP contribution >= 0.6 is 38.9 Å². The van der Waals surface area contributed by atoms with Gasteiger partial charge in [0.05, 0.1) is 18.6 Å². The average Bonchev–Trinajstić information content (AvgIpc) is 2.76. The van der Waals surface area contributed by atoms with Gasteiger partial charge in [-0.2, -0.15) is 0 Å². The van der Waals surface area contributed by atoms with Crippen LogP contribution in [0.5, 0.6) is 0 Å². The second-order valence-corrected chi connectivity index (χ2v) is 5.34. The van der Waals surface area contributed by atoms with Crippen molar-refractivity contribution >= 4 is 38.9 Å². The van der Waals surface area contributed by atoms with Crippen molar-refractivity contribution in [2.45, 2.75) is 6.04 Å². The van der Waals surface area contributed by atoms with Crippen molar-refractivity contribution in [1.29, 1.82) is 0 Å². The number of thiophene rings is 1. The van der Waals surface area contributed by atoms with E-state index in [0.717, 1.165) is 19.2 Å². The lowest BCUT2D eigenvalue weighted by Gasteiger charge is -2.04. The standard InChI is InChI=1S/C9H7BrClNOS/c10-6-3-7(14-9(6)11)8(12)5-1-2-13-4-5/h1-4,8H,12H2. The minimum Gasteiger partial charge on any atom is -0.472 e. The fraction of sp³-hybridized carbons (Fsp3) is 0.111. The topological polar surface area (TPSA) is 39.2 Å². The fourth-order valence-corrected chi connectivity index (χ4v) is 2.90. The maximum atomic E-state index is 6.01. The Balaban J connectivity index is 2.32. The van der Waals surface area contributed by atoms with E-state index in [1.54, 1.807) is 12.5 Å². The molecule has 2 heterocycles. The van der Waals surface area contributed by atoms with Crippen molar-refractivity contribution in [3.05, 3.63) is 43.9 Å². The van der Waals surface area contributed by atoms with Gasteiger partial charge in [-0.15, -0.1) is 11.3 Å². The molecule has 1 atom stereocenters. The van der Waals surface area contributed by atoms with Crippen LogP contribution in [0.2, 0.25) is 4.34 Å². The molecule has 0 bridgehead atoms. The smallest absolute Gasteiger partial charge is 0.107 e. The average molecular weight is 293 g/mol. The molecule has 5 heteroatoms. The van der Waals surface area contributed by atoms with E-state index in [1.165, 1.54) is 11.3 Å². The van der Waals surface area contributed by atoms with Crippen LogP contribution in [-0.4, -0.2) is 0 Å². The van der Waals surface area contributed by atoms with Crippen LogP contribution in [0.25, 0.3) is 0 Å². The summed E-state index contributed by atoms with van der Waals surface area (Å²) in [6.45, 7) is 0. The third kappa shape index (κ3) is 1.88. The molecule has 14 heavy (non-hydrogen) atoms. The van der Waals surface area contributed by atoms with Crippen LogP contribution in [-0.2, 0) is 0 Å². The Hall–Kier alpha value is -0.290. The summed E-state index contributed by atoms with van der Waals surface area (Å²) in [5.74, 6) is 0. The summed E-state index contributed by atoms with van der Waals surface area (Å²) >= 11 is 10.7. The zero-order valence-corrected chi connectivity index (χ0v) is 10.2. The number of halogens is 2. The first-order valence-corrected chi connectivity index (χ1v) is 5.89. The van der Waals surface area contributed by atoms with Crippen molar-refractivity contribution in [1.82, 2.24) is 0 Å². The first kappa shape index (κ1) is 10.2.